The molecule has 0 saturated carbocycles. The monoisotopic (exact) mass is 920 g/mol. The minimum absolute atomic E-state index is 0.0514. The second-order valence-electron chi connectivity index (χ2n) is 19.2. The summed E-state index contributed by atoms with van der Waals surface area (Å²) < 4.78 is 23.6. The first-order valence-corrected chi connectivity index (χ1v) is 28.2. The average Bonchev–Trinajstić information content (AvgIpc) is 3.25. The van der Waals surface area contributed by atoms with Gasteiger partial charge in [-0.1, -0.05) is 209 Å². The molecule has 0 aliphatic heterocycles. The van der Waals surface area contributed by atoms with E-state index in [-0.39, 0.29) is 19.1 Å². The SMILES string of the molecule is CCCCCCC/C=C/CC/C=C/CC/C=C/C(O)C(COP(=O)(O)OCC[N+](C)(C)C)NC(=O)CCCCCCCCCCCCC/C=C\C/C=C\CCCCCCCCCCC. The molecule has 8 nitrogen and oxygen atoms in total. The summed E-state index contributed by atoms with van der Waals surface area (Å²) in [7, 11) is 1.54. The lowest BCUT2D eigenvalue weighted by Crippen LogP contribution is -2.45. The molecule has 0 aromatic heterocycles. The van der Waals surface area contributed by atoms with Crippen LogP contribution in [0, 0.1) is 0 Å². The summed E-state index contributed by atoms with van der Waals surface area (Å²) in [4.78, 5) is 23.2. The summed E-state index contributed by atoms with van der Waals surface area (Å²) in [6, 6.07) is -0.872. The molecule has 0 aromatic rings. The van der Waals surface area contributed by atoms with Gasteiger partial charge in [0.25, 0.3) is 0 Å². The van der Waals surface area contributed by atoms with E-state index in [1.54, 1.807) is 6.08 Å². The van der Waals surface area contributed by atoms with E-state index in [1.165, 1.54) is 161 Å². The lowest BCUT2D eigenvalue weighted by atomic mass is 10.0. The zero-order chi connectivity index (χ0) is 47.1. The highest BCUT2D eigenvalue weighted by molar-refractivity contribution is 7.47. The number of rotatable bonds is 48. The van der Waals surface area contributed by atoms with Crippen LogP contribution in [0.5, 0.6) is 0 Å². The normalized spacial score (nSPS) is 14.5. The molecule has 64 heavy (non-hydrogen) atoms. The van der Waals surface area contributed by atoms with Crippen molar-refractivity contribution in [2.45, 2.75) is 244 Å². The zero-order valence-electron chi connectivity index (χ0n) is 42.5. The lowest BCUT2D eigenvalue weighted by Gasteiger charge is -2.25. The highest BCUT2D eigenvalue weighted by Crippen LogP contribution is 2.43. The van der Waals surface area contributed by atoms with E-state index in [1.807, 2.05) is 27.2 Å². The van der Waals surface area contributed by atoms with Gasteiger partial charge in [-0.15, -0.1) is 0 Å². The average molecular weight is 920 g/mol. The molecule has 0 aliphatic rings. The Morgan fingerprint density at radius 1 is 0.531 bits per heavy atom. The molecule has 0 rings (SSSR count). The van der Waals surface area contributed by atoms with Gasteiger partial charge in [0.15, 0.2) is 0 Å². The number of aliphatic hydroxyl groups is 1. The number of quaternary nitrogens is 1. The number of aliphatic hydroxyl groups excluding tert-OH is 1. The molecule has 0 aliphatic carbocycles. The molecule has 3 unspecified atom stereocenters. The predicted octanol–water partition coefficient (Wildman–Crippen LogP) is 15.8. The smallest absolute Gasteiger partial charge is 0.387 e. The third-order valence-corrected chi connectivity index (χ3v) is 12.7. The second-order valence-corrected chi connectivity index (χ2v) is 20.7. The van der Waals surface area contributed by atoms with Crippen molar-refractivity contribution in [1.82, 2.24) is 5.32 Å². The lowest BCUT2D eigenvalue weighted by molar-refractivity contribution is -0.870. The molecule has 3 N–H and O–H groups in total. The number of hydrogen-bond donors (Lipinski definition) is 3. The van der Waals surface area contributed by atoms with Gasteiger partial charge in [0.05, 0.1) is 39.9 Å². The van der Waals surface area contributed by atoms with Crippen LogP contribution in [-0.2, 0) is 18.4 Å². The molecular weight excluding hydrogens is 816 g/mol. The van der Waals surface area contributed by atoms with Crippen LogP contribution in [0.4, 0.5) is 0 Å². The number of carbonyl (C=O) groups is 1. The number of unbranched alkanes of at least 4 members (excludes halogenated alkanes) is 27. The maximum Gasteiger partial charge on any atom is 0.472 e. The Hall–Kier alpha value is -1.80. The van der Waals surface area contributed by atoms with Crippen molar-refractivity contribution in [2.24, 2.45) is 0 Å². The van der Waals surface area contributed by atoms with Crippen LogP contribution < -0.4 is 5.32 Å². The summed E-state index contributed by atoms with van der Waals surface area (Å²) in [6.45, 7) is 4.77. The molecule has 0 saturated heterocycles. The number of phosphoric ester groups is 1. The molecule has 0 heterocycles. The maximum absolute atomic E-state index is 12.9. The number of allylic oxidation sites excluding steroid dienone is 9. The third kappa shape index (κ3) is 48.1. The third-order valence-electron chi connectivity index (χ3n) is 11.7. The van der Waals surface area contributed by atoms with Crippen molar-refractivity contribution < 1.29 is 32.9 Å². The van der Waals surface area contributed by atoms with E-state index in [0.29, 0.717) is 17.4 Å². The van der Waals surface area contributed by atoms with E-state index in [0.717, 1.165) is 51.4 Å². The summed E-state index contributed by atoms with van der Waals surface area (Å²) in [6.07, 6.45) is 61.7. The first kappa shape index (κ1) is 62.2. The van der Waals surface area contributed by atoms with Crippen LogP contribution in [0.25, 0.3) is 0 Å². The molecule has 9 heteroatoms. The Bertz CT molecular complexity index is 1230. The van der Waals surface area contributed by atoms with Gasteiger partial charge in [-0.25, -0.2) is 4.57 Å². The molecule has 0 bridgehead atoms. The van der Waals surface area contributed by atoms with Crippen molar-refractivity contribution in [3.63, 3.8) is 0 Å². The summed E-state index contributed by atoms with van der Waals surface area (Å²) in [5, 5.41) is 13.8. The van der Waals surface area contributed by atoms with Crippen molar-refractivity contribution in [1.29, 1.82) is 0 Å². The van der Waals surface area contributed by atoms with Gasteiger partial charge in [-0.3, -0.25) is 13.8 Å². The molecule has 0 aromatic carbocycles. The Kier molecular flexibility index (Phi) is 45.0. The number of nitrogens with one attached hydrogen (secondary N) is 1. The van der Waals surface area contributed by atoms with Crippen molar-refractivity contribution >= 4 is 13.7 Å². The largest absolute Gasteiger partial charge is 0.472 e. The van der Waals surface area contributed by atoms with Gasteiger partial charge in [0.2, 0.25) is 5.91 Å². The first-order valence-electron chi connectivity index (χ1n) is 26.7. The quantitative estimate of drug-likeness (QED) is 0.0243. The van der Waals surface area contributed by atoms with Gasteiger partial charge >= 0.3 is 7.82 Å². The molecule has 0 spiro atoms. The predicted molar refractivity (Wildman–Crippen MR) is 277 cm³/mol. The highest BCUT2D eigenvalue weighted by Gasteiger charge is 2.27. The van der Waals surface area contributed by atoms with Crippen molar-refractivity contribution in [3.8, 4) is 0 Å². The molecule has 1 amide bonds. The summed E-state index contributed by atoms with van der Waals surface area (Å²) in [5.41, 5.74) is 0. The van der Waals surface area contributed by atoms with Crippen molar-refractivity contribution in [3.05, 3.63) is 60.8 Å². The van der Waals surface area contributed by atoms with Gasteiger partial charge in [0, 0.05) is 6.42 Å². The number of amides is 1. The van der Waals surface area contributed by atoms with Crippen molar-refractivity contribution in [2.75, 3.05) is 40.9 Å². The fourth-order valence-electron chi connectivity index (χ4n) is 7.46. The molecule has 374 valence electrons. The minimum Gasteiger partial charge on any atom is -0.387 e. The second kappa shape index (κ2) is 46.3. The van der Waals surface area contributed by atoms with Crippen LogP contribution in [0.15, 0.2) is 60.8 Å². The summed E-state index contributed by atoms with van der Waals surface area (Å²) in [5.74, 6) is -0.194. The van der Waals surface area contributed by atoms with Crippen LogP contribution in [-0.4, -0.2) is 73.4 Å². The van der Waals surface area contributed by atoms with Crippen LogP contribution in [0.1, 0.15) is 232 Å². The van der Waals surface area contributed by atoms with E-state index >= 15 is 0 Å². The Morgan fingerprint density at radius 2 is 0.906 bits per heavy atom. The number of hydrogen-bond acceptors (Lipinski definition) is 5. The molecule has 0 fully saturated rings. The van der Waals surface area contributed by atoms with Crippen LogP contribution in [0.3, 0.4) is 0 Å². The van der Waals surface area contributed by atoms with E-state index in [4.69, 9.17) is 9.05 Å². The molecule has 0 radical (unpaired) electrons. The number of carbonyl (C=O) groups excluding carboxylic acids is 1. The Balaban J connectivity index is 4.25. The van der Waals surface area contributed by atoms with E-state index < -0.39 is 20.0 Å². The fraction of sp³-hybridized carbons (Fsp3) is 0.800. The zero-order valence-corrected chi connectivity index (χ0v) is 43.4. The topological polar surface area (TPSA) is 105 Å². The first-order chi connectivity index (χ1) is 31.0. The fourth-order valence-corrected chi connectivity index (χ4v) is 8.19. The Morgan fingerprint density at radius 3 is 1.34 bits per heavy atom. The standard InChI is InChI=1S/C55H103N2O6P/c1-6-8-10-12-14-16-18-20-22-23-24-25-26-27-28-29-30-31-32-33-35-37-39-41-43-45-47-49-55(59)56-53(52-63-64(60,61)62-51-50-57(3,4)5)54(58)48-46-44-42-40-38-36-34-21-19-17-15-13-11-9-7-2/h19,21,24-25,27-28,38,40,46,48,53-54,58H,6-18,20,22-23,26,29-37,39,41-45,47,49-52H2,1-5H3,(H-,56,59,60,61)/p+1/b21-19+,25-24-,28-27-,40-38+,48-46+. The van der Waals surface area contributed by atoms with Crippen LogP contribution in [0.2, 0.25) is 0 Å². The van der Waals surface area contributed by atoms with E-state index in [9.17, 15) is 19.4 Å². The number of likely N-dealkylation sites (N-methyl/N-ethyl adjacent to an activating group) is 1. The minimum atomic E-state index is -4.36. The summed E-state index contributed by atoms with van der Waals surface area (Å²) >= 11 is 0. The van der Waals surface area contributed by atoms with Gasteiger partial charge in [0.1, 0.15) is 13.2 Å². The molecular formula is C55H104N2O6P+. The maximum atomic E-state index is 12.9. The Labute approximate surface area is 396 Å². The number of phosphoric acid groups is 1. The van der Waals surface area contributed by atoms with Gasteiger partial charge in [-0.2, -0.15) is 0 Å². The van der Waals surface area contributed by atoms with Gasteiger partial charge in [-0.05, 0) is 77.0 Å². The van der Waals surface area contributed by atoms with Gasteiger partial charge < -0.3 is 19.8 Å². The van der Waals surface area contributed by atoms with Crippen LogP contribution >= 0.6 is 7.82 Å². The molecule has 3 atom stereocenters. The highest BCUT2D eigenvalue weighted by atomic mass is 31.2. The van der Waals surface area contributed by atoms with E-state index in [2.05, 4.69) is 67.8 Å². The number of nitrogens with zero attached hydrogens (tertiary/aromatic N) is 1.